The van der Waals surface area contributed by atoms with Gasteiger partial charge in [-0.25, -0.2) is 9.66 Å². The molecule has 3 aromatic rings. The summed E-state index contributed by atoms with van der Waals surface area (Å²) in [4.78, 5) is 27.4. The molecule has 23 heavy (non-hydrogen) atoms. The average Bonchev–Trinajstić information content (AvgIpc) is 2.96. The molecule has 116 valence electrons. The Balaban J connectivity index is 1.72. The lowest BCUT2D eigenvalue weighted by molar-refractivity contribution is -0.119. The maximum Gasteiger partial charge on any atom is 0.270 e. The number of imidazole rings is 1. The van der Waals surface area contributed by atoms with Gasteiger partial charge in [0, 0.05) is 19.0 Å². The molecule has 0 spiro atoms. The van der Waals surface area contributed by atoms with Gasteiger partial charge in [-0.05, 0) is 29.8 Å². The van der Waals surface area contributed by atoms with Crippen LogP contribution in [0.2, 0.25) is 0 Å². The zero-order chi connectivity index (χ0) is 16.2. The van der Waals surface area contributed by atoms with Crippen LogP contribution in [0.5, 0.6) is 0 Å². The van der Waals surface area contributed by atoms with Crippen molar-refractivity contribution in [1.29, 1.82) is 0 Å². The third-order valence-electron chi connectivity index (χ3n) is 3.43. The molecule has 0 saturated carbocycles. The van der Waals surface area contributed by atoms with E-state index in [2.05, 4.69) is 15.7 Å². The zero-order valence-corrected chi connectivity index (χ0v) is 12.6. The molecule has 0 radical (unpaired) electrons. The predicted molar refractivity (Wildman–Crippen MR) is 87.4 cm³/mol. The molecule has 6 nitrogen and oxygen atoms in total. The number of para-hydroxylation sites is 2. The van der Waals surface area contributed by atoms with Crippen molar-refractivity contribution >= 4 is 22.8 Å². The van der Waals surface area contributed by atoms with Crippen LogP contribution in [0.15, 0.2) is 54.9 Å². The van der Waals surface area contributed by atoms with E-state index < -0.39 is 0 Å². The smallest absolute Gasteiger partial charge is 0.270 e. The first kappa shape index (κ1) is 14.8. The Morgan fingerprint density at radius 2 is 1.83 bits per heavy atom. The Hall–Kier alpha value is -3.15. The number of fused-ring (bicyclic) bond motifs is 1. The van der Waals surface area contributed by atoms with E-state index in [0.717, 1.165) is 16.6 Å². The van der Waals surface area contributed by atoms with Crippen molar-refractivity contribution in [3.63, 3.8) is 0 Å². The minimum absolute atomic E-state index is 0.0844. The van der Waals surface area contributed by atoms with Gasteiger partial charge in [-0.15, -0.1) is 0 Å². The van der Waals surface area contributed by atoms with Gasteiger partial charge < -0.3 is 5.32 Å². The van der Waals surface area contributed by atoms with Gasteiger partial charge in [0.1, 0.15) is 6.33 Å². The van der Waals surface area contributed by atoms with Crippen LogP contribution in [-0.2, 0) is 11.3 Å². The number of nitrogens with zero attached hydrogens (tertiary/aromatic N) is 2. The second-order valence-electron chi connectivity index (χ2n) is 5.15. The fourth-order valence-corrected chi connectivity index (χ4v) is 2.22. The van der Waals surface area contributed by atoms with E-state index in [4.69, 9.17) is 0 Å². The number of carbonyl (C=O) groups is 2. The molecule has 2 amide bonds. The summed E-state index contributed by atoms with van der Waals surface area (Å²) in [7, 11) is 0. The summed E-state index contributed by atoms with van der Waals surface area (Å²) in [6, 6.07) is 14.7. The van der Waals surface area contributed by atoms with Gasteiger partial charge in [0.15, 0.2) is 0 Å². The van der Waals surface area contributed by atoms with E-state index in [0.29, 0.717) is 12.1 Å². The molecule has 2 N–H and O–H groups in total. The average molecular weight is 308 g/mol. The third-order valence-corrected chi connectivity index (χ3v) is 3.43. The molecule has 0 unspecified atom stereocenters. The summed E-state index contributed by atoms with van der Waals surface area (Å²) in [5.74, 6) is -0.307. The zero-order valence-electron chi connectivity index (χ0n) is 12.6. The molecular weight excluding hydrogens is 292 g/mol. The van der Waals surface area contributed by atoms with Crippen LogP contribution >= 0.6 is 0 Å². The molecular formula is C17H16N4O2. The van der Waals surface area contributed by atoms with Crippen molar-refractivity contribution in [2.45, 2.75) is 13.5 Å². The summed E-state index contributed by atoms with van der Waals surface area (Å²) >= 11 is 0. The van der Waals surface area contributed by atoms with Crippen LogP contribution < -0.4 is 10.7 Å². The van der Waals surface area contributed by atoms with Crippen molar-refractivity contribution in [3.05, 3.63) is 66.0 Å². The Kier molecular flexibility index (Phi) is 4.05. The Morgan fingerprint density at radius 3 is 2.57 bits per heavy atom. The lowest BCUT2D eigenvalue weighted by Crippen LogP contribution is -2.22. The van der Waals surface area contributed by atoms with E-state index in [1.165, 1.54) is 6.92 Å². The van der Waals surface area contributed by atoms with Crippen LogP contribution in [0.1, 0.15) is 22.8 Å². The van der Waals surface area contributed by atoms with Crippen LogP contribution in [0.3, 0.4) is 0 Å². The van der Waals surface area contributed by atoms with Crippen LogP contribution in [0, 0.1) is 0 Å². The molecule has 6 heteroatoms. The van der Waals surface area contributed by atoms with Gasteiger partial charge in [-0.1, -0.05) is 24.3 Å². The molecule has 1 heterocycles. The molecule has 0 aliphatic heterocycles. The van der Waals surface area contributed by atoms with Gasteiger partial charge in [-0.3, -0.25) is 15.0 Å². The number of nitrogens with one attached hydrogen (secondary N) is 2. The molecule has 0 atom stereocenters. The maximum atomic E-state index is 12.3. The van der Waals surface area contributed by atoms with E-state index in [9.17, 15) is 9.59 Å². The maximum absolute atomic E-state index is 12.3. The fraction of sp³-hybridized carbons (Fsp3) is 0.118. The van der Waals surface area contributed by atoms with E-state index >= 15 is 0 Å². The van der Waals surface area contributed by atoms with Crippen LogP contribution in [0.4, 0.5) is 0 Å². The summed E-state index contributed by atoms with van der Waals surface area (Å²) in [5, 5.41) is 2.72. The summed E-state index contributed by atoms with van der Waals surface area (Å²) in [5.41, 5.74) is 5.92. The van der Waals surface area contributed by atoms with Crippen molar-refractivity contribution in [1.82, 2.24) is 15.0 Å². The van der Waals surface area contributed by atoms with Gasteiger partial charge in [0.05, 0.1) is 11.0 Å². The SMILES string of the molecule is CC(=O)NCc1ccc(C(=O)Nn2cnc3ccccc32)cc1. The lowest BCUT2D eigenvalue weighted by Gasteiger charge is -2.08. The number of hydrogen-bond acceptors (Lipinski definition) is 3. The molecule has 0 saturated heterocycles. The van der Waals surface area contributed by atoms with Gasteiger partial charge >= 0.3 is 0 Å². The van der Waals surface area contributed by atoms with Gasteiger partial charge in [0.25, 0.3) is 5.91 Å². The summed E-state index contributed by atoms with van der Waals surface area (Å²) < 4.78 is 1.60. The minimum Gasteiger partial charge on any atom is -0.352 e. The first-order chi connectivity index (χ1) is 11.1. The quantitative estimate of drug-likeness (QED) is 0.774. The number of hydrogen-bond donors (Lipinski definition) is 2. The number of rotatable bonds is 4. The predicted octanol–water partition coefficient (Wildman–Crippen LogP) is 2.06. The van der Waals surface area contributed by atoms with Gasteiger partial charge in [0.2, 0.25) is 5.91 Å². The Labute approximate surface area is 133 Å². The molecule has 3 rings (SSSR count). The minimum atomic E-state index is -0.223. The lowest BCUT2D eigenvalue weighted by atomic mass is 10.1. The first-order valence-corrected chi connectivity index (χ1v) is 7.20. The molecule has 0 aliphatic carbocycles. The van der Waals surface area contributed by atoms with Crippen molar-refractivity contribution in [2.24, 2.45) is 0 Å². The summed E-state index contributed by atoms with van der Waals surface area (Å²) in [6.45, 7) is 1.92. The Bertz CT molecular complexity index is 852. The molecule has 2 aromatic carbocycles. The highest BCUT2D eigenvalue weighted by Crippen LogP contribution is 2.11. The highest BCUT2D eigenvalue weighted by atomic mass is 16.2. The fourth-order valence-electron chi connectivity index (χ4n) is 2.22. The Morgan fingerprint density at radius 1 is 1.09 bits per heavy atom. The van der Waals surface area contributed by atoms with Crippen molar-refractivity contribution in [2.75, 3.05) is 5.43 Å². The molecule has 0 bridgehead atoms. The highest BCUT2D eigenvalue weighted by molar-refractivity contribution is 6.00. The number of benzene rings is 2. The van der Waals surface area contributed by atoms with E-state index in [-0.39, 0.29) is 11.8 Å². The number of amides is 2. The van der Waals surface area contributed by atoms with Crippen molar-refractivity contribution < 1.29 is 9.59 Å². The topological polar surface area (TPSA) is 76.0 Å². The standard InChI is InChI=1S/C17H16N4O2/c1-12(22)18-10-13-6-8-14(9-7-13)17(23)20-21-11-19-15-4-2-3-5-16(15)21/h2-9,11H,10H2,1H3,(H,18,22)(H,20,23). The van der Waals surface area contributed by atoms with Crippen LogP contribution in [0.25, 0.3) is 11.0 Å². The normalized spacial score (nSPS) is 10.5. The highest BCUT2D eigenvalue weighted by Gasteiger charge is 2.08. The van der Waals surface area contributed by atoms with E-state index in [1.807, 2.05) is 36.4 Å². The molecule has 0 fully saturated rings. The van der Waals surface area contributed by atoms with Crippen LogP contribution in [-0.4, -0.2) is 21.5 Å². The summed E-state index contributed by atoms with van der Waals surface area (Å²) in [6.07, 6.45) is 1.58. The first-order valence-electron chi connectivity index (χ1n) is 7.20. The molecule has 1 aromatic heterocycles. The second-order valence-corrected chi connectivity index (χ2v) is 5.15. The van der Waals surface area contributed by atoms with E-state index in [1.54, 1.807) is 23.1 Å². The number of aromatic nitrogens is 2. The van der Waals surface area contributed by atoms with Gasteiger partial charge in [-0.2, -0.15) is 0 Å². The second kappa shape index (κ2) is 6.31. The third kappa shape index (κ3) is 3.37. The molecule has 0 aliphatic rings. The monoisotopic (exact) mass is 308 g/mol. The van der Waals surface area contributed by atoms with Crippen molar-refractivity contribution in [3.8, 4) is 0 Å². The largest absolute Gasteiger partial charge is 0.352 e. The number of carbonyl (C=O) groups excluding carboxylic acids is 2.